The molecular weight excluding hydrogens is 490 g/mol. The molecule has 0 radical (unpaired) electrons. The first-order chi connectivity index (χ1) is 15.4. The molecule has 3 rings (SSSR count). The summed E-state index contributed by atoms with van der Waals surface area (Å²) in [5.41, 5.74) is 1.02. The second-order valence-corrected chi connectivity index (χ2v) is 10.3. The Morgan fingerprint density at radius 2 is 2.09 bits per heavy atom. The van der Waals surface area contributed by atoms with E-state index < -0.39 is 46.6 Å². The molecule has 0 saturated carbocycles. The molecule has 1 saturated heterocycles. The van der Waals surface area contributed by atoms with Crippen LogP contribution in [0.25, 0.3) is 11.5 Å². The smallest absolute Gasteiger partial charge is 0.347 e. The number of piperidine rings is 1. The van der Waals surface area contributed by atoms with Crippen molar-refractivity contribution in [2.45, 2.75) is 31.9 Å². The van der Waals surface area contributed by atoms with Crippen molar-refractivity contribution < 1.29 is 30.8 Å². The summed E-state index contributed by atoms with van der Waals surface area (Å²) < 4.78 is 76.0. The van der Waals surface area contributed by atoms with Crippen molar-refractivity contribution in [2.24, 2.45) is 5.92 Å². The Balaban J connectivity index is 1.61. The lowest BCUT2D eigenvalue weighted by Gasteiger charge is -2.35. The van der Waals surface area contributed by atoms with Crippen LogP contribution in [-0.4, -0.2) is 65.1 Å². The Bertz CT molecular complexity index is 1090. The van der Waals surface area contributed by atoms with E-state index in [0.29, 0.717) is 23.6 Å². The predicted molar refractivity (Wildman–Crippen MR) is 112 cm³/mol. The van der Waals surface area contributed by atoms with Gasteiger partial charge in [-0.2, -0.15) is 13.2 Å². The molecule has 14 heteroatoms. The zero-order valence-corrected chi connectivity index (χ0v) is 19.1. The monoisotopic (exact) mass is 511 g/mol. The van der Waals surface area contributed by atoms with Crippen LogP contribution in [0, 0.1) is 11.7 Å². The van der Waals surface area contributed by atoms with Gasteiger partial charge in [0.15, 0.2) is 11.0 Å². The van der Waals surface area contributed by atoms with E-state index in [9.17, 15) is 30.8 Å². The third-order valence-electron chi connectivity index (χ3n) is 5.36. The van der Waals surface area contributed by atoms with Crippen molar-refractivity contribution >= 4 is 27.5 Å². The van der Waals surface area contributed by atoms with Crippen molar-refractivity contribution in [1.82, 2.24) is 24.6 Å². The molecule has 2 aromatic heterocycles. The van der Waals surface area contributed by atoms with Crippen LogP contribution in [0.4, 0.5) is 17.6 Å². The summed E-state index contributed by atoms with van der Waals surface area (Å²) in [5, 5.41) is 1.88. The predicted octanol–water partition coefficient (Wildman–Crippen LogP) is 3.09. The molecule has 1 aliphatic rings. The van der Waals surface area contributed by atoms with Crippen LogP contribution in [0.1, 0.15) is 31.4 Å². The number of nitrogens with one attached hydrogen (secondary N) is 2. The largest absolute Gasteiger partial charge is 0.405 e. The maximum absolute atomic E-state index is 13.1. The first kappa shape index (κ1) is 25.4. The molecule has 8 nitrogen and oxygen atoms in total. The number of aromatic nitrogens is 3. The molecule has 0 aliphatic carbocycles. The number of nitrogens with zero attached hydrogens (tertiary/aromatic N) is 3. The minimum Gasteiger partial charge on any atom is -0.347 e. The normalized spacial score (nSPS) is 20.1. The molecule has 2 atom stereocenters. The average molecular weight is 512 g/mol. The van der Waals surface area contributed by atoms with E-state index in [1.54, 1.807) is 5.32 Å². The highest BCUT2D eigenvalue weighted by atomic mass is 35.5. The third kappa shape index (κ3) is 6.64. The number of hydrogen-bond donors (Lipinski definition) is 2. The highest BCUT2D eigenvalue weighted by Gasteiger charge is 2.36. The van der Waals surface area contributed by atoms with Crippen molar-refractivity contribution in [1.29, 1.82) is 0 Å². The Morgan fingerprint density at radius 1 is 1.36 bits per heavy atom. The average Bonchev–Trinajstić information content (AvgIpc) is 3.12. The number of rotatable bonds is 7. The number of alkyl halides is 3. The number of pyridine rings is 1. The van der Waals surface area contributed by atoms with Gasteiger partial charge >= 0.3 is 6.18 Å². The number of sulfonamides is 1. The maximum atomic E-state index is 13.1. The Labute approximate surface area is 192 Å². The minimum absolute atomic E-state index is 0.138. The molecule has 2 aromatic rings. The lowest BCUT2D eigenvalue weighted by atomic mass is 9.86. The van der Waals surface area contributed by atoms with Crippen molar-refractivity contribution in [3.05, 3.63) is 35.0 Å². The molecule has 33 heavy (non-hydrogen) atoms. The lowest BCUT2D eigenvalue weighted by Crippen LogP contribution is -2.44. The fourth-order valence-electron chi connectivity index (χ4n) is 3.68. The quantitative estimate of drug-likeness (QED) is 0.555. The molecule has 0 aromatic carbocycles. The van der Waals surface area contributed by atoms with Crippen LogP contribution in [0.15, 0.2) is 18.3 Å². The molecule has 0 spiro atoms. The second kappa shape index (κ2) is 9.94. The van der Waals surface area contributed by atoms with Crippen LogP contribution in [0.3, 0.4) is 0 Å². The fraction of sp³-hybridized carbons (Fsp3) is 0.526. The van der Waals surface area contributed by atoms with Gasteiger partial charge in [-0.1, -0.05) is 18.5 Å². The summed E-state index contributed by atoms with van der Waals surface area (Å²) >= 11 is 6.30. The van der Waals surface area contributed by atoms with Crippen LogP contribution < -0.4 is 5.32 Å². The van der Waals surface area contributed by atoms with Crippen LogP contribution in [0.5, 0.6) is 0 Å². The summed E-state index contributed by atoms with van der Waals surface area (Å²) in [5.74, 6) is -2.00. The summed E-state index contributed by atoms with van der Waals surface area (Å²) in [4.78, 5) is 22.8. The van der Waals surface area contributed by atoms with Gasteiger partial charge in [0.2, 0.25) is 15.9 Å². The van der Waals surface area contributed by atoms with E-state index in [2.05, 4.69) is 15.0 Å². The molecule has 0 bridgehead atoms. The van der Waals surface area contributed by atoms with Gasteiger partial charge in [-0.05, 0) is 24.5 Å². The number of halogens is 5. The molecule has 1 aliphatic heterocycles. The standard InChI is InChI=1S/C19H22ClF4N5O3S/c1-11-9-29(33(31,32)7-5-15(30)26-10-19(22,23)24)6-4-13(11)16-17(20)28-18(27-16)14-3-2-12(21)8-25-14/h2-3,8,11,13H,4-7,9-10H2,1H3,(H,26,30)(H,27,28)/t11-,13+/m0/s1. The number of carbonyl (C=O) groups is 1. The van der Waals surface area contributed by atoms with E-state index >= 15 is 0 Å². The van der Waals surface area contributed by atoms with E-state index in [-0.39, 0.29) is 30.1 Å². The molecule has 1 fully saturated rings. The van der Waals surface area contributed by atoms with Crippen molar-refractivity contribution in [3.63, 3.8) is 0 Å². The number of amides is 1. The fourth-order valence-corrected chi connectivity index (χ4v) is 5.49. The number of hydrogen-bond acceptors (Lipinski definition) is 5. The number of H-pyrrole nitrogens is 1. The first-order valence-corrected chi connectivity index (χ1v) is 12.0. The first-order valence-electron chi connectivity index (χ1n) is 10.0. The van der Waals surface area contributed by atoms with Gasteiger partial charge < -0.3 is 10.3 Å². The number of aromatic amines is 1. The van der Waals surface area contributed by atoms with Gasteiger partial charge in [-0.3, -0.25) is 4.79 Å². The molecule has 3 heterocycles. The number of carbonyl (C=O) groups excluding carboxylic acids is 1. The van der Waals surface area contributed by atoms with Crippen LogP contribution >= 0.6 is 11.6 Å². The minimum atomic E-state index is -4.56. The van der Waals surface area contributed by atoms with E-state index in [1.165, 1.54) is 16.4 Å². The van der Waals surface area contributed by atoms with Crippen molar-refractivity contribution in [3.8, 4) is 11.5 Å². The molecule has 0 unspecified atom stereocenters. The molecule has 1 amide bonds. The van der Waals surface area contributed by atoms with E-state index in [1.807, 2.05) is 6.92 Å². The second-order valence-electron chi connectivity index (χ2n) is 7.84. The zero-order valence-electron chi connectivity index (χ0n) is 17.5. The van der Waals surface area contributed by atoms with Gasteiger partial charge in [0, 0.05) is 25.4 Å². The highest BCUT2D eigenvalue weighted by Crippen LogP contribution is 2.37. The molecule has 182 valence electrons. The summed E-state index contributed by atoms with van der Waals surface area (Å²) in [7, 11) is -3.84. The number of imidazole rings is 1. The Morgan fingerprint density at radius 3 is 2.70 bits per heavy atom. The van der Waals surface area contributed by atoms with E-state index in [0.717, 1.165) is 6.20 Å². The van der Waals surface area contributed by atoms with Crippen LogP contribution in [-0.2, 0) is 14.8 Å². The van der Waals surface area contributed by atoms with Gasteiger partial charge in [0.1, 0.15) is 18.1 Å². The maximum Gasteiger partial charge on any atom is 0.405 e. The summed E-state index contributed by atoms with van der Waals surface area (Å²) in [6.45, 7) is 0.641. The topological polar surface area (TPSA) is 108 Å². The van der Waals surface area contributed by atoms with Crippen LogP contribution in [0.2, 0.25) is 5.15 Å². The molecular formula is C19H22ClF4N5O3S. The van der Waals surface area contributed by atoms with Gasteiger partial charge in [0.05, 0.1) is 17.6 Å². The van der Waals surface area contributed by atoms with Gasteiger partial charge in [-0.25, -0.2) is 27.1 Å². The van der Waals surface area contributed by atoms with E-state index in [4.69, 9.17) is 11.6 Å². The molecule has 2 N–H and O–H groups in total. The highest BCUT2D eigenvalue weighted by molar-refractivity contribution is 7.89. The Hall–Kier alpha value is -2.25. The van der Waals surface area contributed by atoms with Gasteiger partial charge in [0.25, 0.3) is 0 Å². The lowest BCUT2D eigenvalue weighted by molar-refractivity contribution is -0.138. The summed E-state index contributed by atoms with van der Waals surface area (Å²) in [6, 6.07) is 2.70. The third-order valence-corrected chi connectivity index (χ3v) is 7.49. The Kier molecular flexibility index (Phi) is 7.64. The van der Waals surface area contributed by atoms with Gasteiger partial charge in [-0.15, -0.1) is 0 Å². The van der Waals surface area contributed by atoms with Crippen molar-refractivity contribution in [2.75, 3.05) is 25.4 Å². The SMILES string of the molecule is C[C@H]1CN(S(=O)(=O)CCC(=O)NCC(F)(F)F)CC[C@H]1c1[nH]c(-c2ccc(F)cn2)nc1Cl. The summed E-state index contributed by atoms with van der Waals surface area (Å²) in [6.07, 6.45) is -3.65. The zero-order chi connectivity index (χ0) is 24.4.